The van der Waals surface area contributed by atoms with E-state index in [4.69, 9.17) is 9.78 Å². The second-order valence-electron chi connectivity index (χ2n) is 4.16. The van der Waals surface area contributed by atoms with E-state index in [1.165, 1.54) is 38.5 Å². The average Bonchev–Trinajstić information content (AvgIpc) is 2.31. The molecule has 0 amide bonds. The van der Waals surface area contributed by atoms with Crippen LogP contribution in [0.4, 0.5) is 0 Å². The molecule has 0 saturated carbocycles. The zero-order valence-corrected chi connectivity index (χ0v) is 11.2. The molecule has 3 heteroatoms. The molecule has 98 valence electrons. The van der Waals surface area contributed by atoms with Gasteiger partial charge in [-0.3, -0.25) is 0 Å². The summed E-state index contributed by atoms with van der Waals surface area (Å²) in [6, 6.07) is 0. The predicted molar refractivity (Wildman–Crippen MR) is 65.9 cm³/mol. The molecule has 16 heavy (non-hydrogen) atoms. The molecule has 0 aliphatic heterocycles. The Morgan fingerprint density at radius 3 is 2.19 bits per heavy atom. The topological polar surface area (TPSA) is 27.7 Å². The van der Waals surface area contributed by atoms with Crippen LogP contribution < -0.4 is 0 Å². The van der Waals surface area contributed by atoms with E-state index >= 15 is 0 Å². The zero-order chi connectivity index (χ0) is 12.1. The van der Waals surface area contributed by atoms with Crippen molar-refractivity contribution < 1.29 is 14.8 Å². The van der Waals surface area contributed by atoms with E-state index in [2.05, 4.69) is 18.9 Å². The van der Waals surface area contributed by atoms with Crippen LogP contribution in [0.25, 0.3) is 0 Å². The van der Waals surface area contributed by atoms with E-state index in [-0.39, 0.29) is 6.10 Å². The van der Waals surface area contributed by atoms with Crippen LogP contribution in [0, 0.1) is 0 Å². The van der Waals surface area contributed by atoms with Crippen molar-refractivity contribution in [2.24, 2.45) is 0 Å². The van der Waals surface area contributed by atoms with Gasteiger partial charge in [-0.25, -0.2) is 9.78 Å². The summed E-state index contributed by atoms with van der Waals surface area (Å²) in [6.45, 7) is 6.74. The van der Waals surface area contributed by atoms with Crippen LogP contribution >= 0.6 is 0 Å². The fraction of sp³-hybridized carbons (Fsp3) is 1.00. The molecule has 0 aromatic rings. The monoisotopic (exact) mass is 232 g/mol. The molecular weight excluding hydrogens is 204 g/mol. The van der Waals surface area contributed by atoms with Gasteiger partial charge in [-0.15, -0.1) is 0 Å². The molecule has 0 aliphatic carbocycles. The van der Waals surface area contributed by atoms with Crippen molar-refractivity contribution in [1.82, 2.24) is 0 Å². The maximum Gasteiger partial charge on any atom is 0.0958 e. The molecule has 1 atom stereocenters. The summed E-state index contributed by atoms with van der Waals surface area (Å²) in [5.74, 6) is 0. The quantitative estimate of drug-likeness (QED) is 0.283. The largest absolute Gasteiger partial charge is 0.206 e. The van der Waals surface area contributed by atoms with Gasteiger partial charge in [-0.2, -0.15) is 0 Å². The first-order valence-electron chi connectivity index (χ1n) is 6.80. The lowest BCUT2D eigenvalue weighted by Crippen LogP contribution is -2.12. The zero-order valence-electron chi connectivity index (χ0n) is 11.2. The van der Waals surface area contributed by atoms with Crippen LogP contribution in [0.3, 0.4) is 0 Å². The minimum Gasteiger partial charge on any atom is -0.206 e. The Balaban J connectivity index is 3.26. The summed E-state index contributed by atoms with van der Waals surface area (Å²) in [4.78, 5) is 9.84. The van der Waals surface area contributed by atoms with Gasteiger partial charge in [0.2, 0.25) is 0 Å². The Morgan fingerprint density at radius 2 is 1.56 bits per heavy atom. The Bertz CT molecular complexity index is 128. The minimum absolute atomic E-state index is 0.178. The molecule has 0 aliphatic rings. The molecule has 0 N–H and O–H groups in total. The van der Waals surface area contributed by atoms with E-state index in [9.17, 15) is 0 Å². The van der Waals surface area contributed by atoms with Crippen LogP contribution in [0.5, 0.6) is 0 Å². The van der Waals surface area contributed by atoms with Gasteiger partial charge in [-0.1, -0.05) is 57.4 Å². The first kappa shape index (κ1) is 15.9. The van der Waals surface area contributed by atoms with Crippen LogP contribution in [0.1, 0.15) is 72.1 Å². The highest BCUT2D eigenvalue weighted by Crippen LogP contribution is 2.12. The van der Waals surface area contributed by atoms with Crippen molar-refractivity contribution in [2.75, 3.05) is 6.61 Å². The van der Waals surface area contributed by atoms with Gasteiger partial charge in [0.1, 0.15) is 0 Å². The van der Waals surface area contributed by atoms with Crippen molar-refractivity contribution in [2.45, 2.75) is 78.2 Å². The molecule has 0 aromatic carbocycles. The van der Waals surface area contributed by atoms with Gasteiger partial charge in [0.15, 0.2) is 0 Å². The molecule has 0 aromatic heterocycles. The number of unbranched alkanes of at least 4 members (excludes halogenated alkanes) is 5. The summed E-state index contributed by atoms with van der Waals surface area (Å²) >= 11 is 0. The molecule has 0 saturated heterocycles. The minimum atomic E-state index is 0.178. The third-order valence-electron chi connectivity index (χ3n) is 2.68. The van der Waals surface area contributed by atoms with Crippen molar-refractivity contribution in [1.29, 1.82) is 0 Å². The standard InChI is InChI=1S/C13H28O3/c1-4-7-8-9-10-11-12-13(5-2)15-16-14-6-3/h13H,4-12H2,1-3H3. The third-order valence-corrected chi connectivity index (χ3v) is 2.68. The molecule has 3 nitrogen and oxygen atoms in total. The van der Waals surface area contributed by atoms with E-state index in [0.29, 0.717) is 6.61 Å². The number of hydrogen-bond acceptors (Lipinski definition) is 3. The van der Waals surface area contributed by atoms with Crippen molar-refractivity contribution >= 4 is 0 Å². The summed E-state index contributed by atoms with van der Waals surface area (Å²) < 4.78 is 0. The van der Waals surface area contributed by atoms with Crippen LogP contribution in [-0.4, -0.2) is 12.7 Å². The Morgan fingerprint density at radius 1 is 0.875 bits per heavy atom. The normalized spacial score (nSPS) is 12.9. The van der Waals surface area contributed by atoms with E-state index in [1.807, 2.05) is 6.92 Å². The van der Waals surface area contributed by atoms with E-state index < -0.39 is 0 Å². The Kier molecular flexibility index (Phi) is 12.9. The maximum absolute atomic E-state index is 5.14. The Labute approximate surface area is 100 Å². The molecule has 0 spiro atoms. The van der Waals surface area contributed by atoms with E-state index in [1.54, 1.807) is 0 Å². The van der Waals surface area contributed by atoms with Crippen molar-refractivity contribution in [3.63, 3.8) is 0 Å². The fourth-order valence-electron chi connectivity index (χ4n) is 1.60. The average molecular weight is 232 g/mol. The predicted octanol–water partition coefficient (Wildman–Crippen LogP) is 4.42. The number of rotatable bonds is 12. The van der Waals surface area contributed by atoms with Gasteiger partial charge >= 0.3 is 0 Å². The lowest BCUT2D eigenvalue weighted by Gasteiger charge is -2.13. The third kappa shape index (κ3) is 10.4. The highest BCUT2D eigenvalue weighted by Gasteiger charge is 2.07. The summed E-state index contributed by atoms with van der Waals surface area (Å²) in [7, 11) is 0. The first-order chi connectivity index (χ1) is 7.85. The smallest absolute Gasteiger partial charge is 0.0958 e. The molecular formula is C13H28O3. The second kappa shape index (κ2) is 12.9. The van der Waals surface area contributed by atoms with Crippen molar-refractivity contribution in [3.8, 4) is 0 Å². The highest BCUT2D eigenvalue weighted by atomic mass is 17.5. The molecule has 0 rings (SSSR count). The molecule has 0 heterocycles. The lowest BCUT2D eigenvalue weighted by atomic mass is 10.1. The molecule has 0 bridgehead atoms. The van der Waals surface area contributed by atoms with Gasteiger partial charge in [0, 0.05) is 0 Å². The molecule has 0 fully saturated rings. The van der Waals surface area contributed by atoms with Gasteiger partial charge in [0.05, 0.1) is 12.7 Å². The Hall–Kier alpha value is -0.120. The summed E-state index contributed by atoms with van der Waals surface area (Å²) in [6.07, 6.45) is 10.1. The molecule has 0 radical (unpaired) electrons. The SMILES string of the molecule is CCCCCCCCC(CC)OOOCC. The summed E-state index contributed by atoms with van der Waals surface area (Å²) in [5.41, 5.74) is 0. The summed E-state index contributed by atoms with van der Waals surface area (Å²) in [5, 5.41) is 4.63. The van der Waals surface area contributed by atoms with Crippen LogP contribution in [0.15, 0.2) is 0 Å². The van der Waals surface area contributed by atoms with E-state index in [0.717, 1.165) is 12.8 Å². The fourth-order valence-corrected chi connectivity index (χ4v) is 1.60. The number of hydrogen-bond donors (Lipinski definition) is 0. The highest BCUT2D eigenvalue weighted by molar-refractivity contribution is 4.54. The van der Waals surface area contributed by atoms with Crippen LogP contribution in [0.2, 0.25) is 0 Å². The van der Waals surface area contributed by atoms with Crippen LogP contribution in [-0.2, 0) is 14.8 Å². The van der Waals surface area contributed by atoms with Crippen molar-refractivity contribution in [3.05, 3.63) is 0 Å². The lowest BCUT2D eigenvalue weighted by molar-refractivity contribution is -0.525. The molecule has 1 unspecified atom stereocenters. The van der Waals surface area contributed by atoms with Gasteiger partial charge < -0.3 is 0 Å². The maximum atomic E-state index is 5.14. The first-order valence-corrected chi connectivity index (χ1v) is 6.80. The van der Waals surface area contributed by atoms with Gasteiger partial charge in [-0.05, 0) is 19.8 Å². The van der Waals surface area contributed by atoms with Gasteiger partial charge in [0.25, 0.3) is 0 Å². The second-order valence-corrected chi connectivity index (χ2v) is 4.16.